The lowest BCUT2D eigenvalue weighted by molar-refractivity contribution is -0.131. The molecule has 1 heterocycles. The Kier molecular flexibility index (Phi) is 5.91. The molecule has 0 saturated heterocycles. The molecule has 1 aromatic heterocycles. The maximum atomic E-state index is 12.1. The topological polar surface area (TPSA) is 122 Å². The van der Waals surface area contributed by atoms with Crippen molar-refractivity contribution < 1.29 is 23.5 Å². The molecular formula is C21H23N3O5S. The fourth-order valence-electron chi connectivity index (χ4n) is 2.92. The van der Waals surface area contributed by atoms with Crippen molar-refractivity contribution >= 4 is 26.6 Å². The molecule has 8 nitrogen and oxygen atoms in total. The first-order valence-corrected chi connectivity index (χ1v) is 11.3. The molecule has 1 aromatic carbocycles. The van der Waals surface area contributed by atoms with Crippen molar-refractivity contribution in [1.29, 1.82) is 0 Å². The fraction of sp³-hybridized carbons (Fsp3) is 0.429. The minimum Gasteiger partial charge on any atom is -0.395 e. The summed E-state index contributed by atoms with van der Waals surface area (Å²) in [6, 6.07) is 5.46. The van der Waals surface area contributed by atoms with E-state index in [-0.39, 0.29) is 25.0 Å². The van der Waals surface area contributed by atoms with Crippen molar-refractivity contribution in [2.45, 2.75) is 37.5 Å². The molecule has 1 fully saturated rings. The normalized spacial score (nSPS) is 16.5. The molecule has 2 aromatic rings. The third-order valence-electron chi connectivity index (χ3n) is 5.52. The van der Waals surface area contributed by atoms with Gasteiger partial charge in [0.25, 0.3) is 5.91 Å². The van der Waals surface area contributed by atoms with E-state index in [1.54, 1.807) is 16.9 Å². The van der Waals surface area contributed by atoms with Crippen molar-refractivity contribution in [2.75, 3.05) is 12.9 Å². The van der Waals surface area contributed by atoms with Gasteiger partial charge in [-0.05, 0) is 56.2 Å². The summed E-state index contributed by atoms with van der Waals surface area (Å²) in [4.78, 5) is 11.9. The molecule has 0 spiro atoms. The molecule has 158 valence electrons. The zero-order chi connectivity index (χ0) is 22.0. The first-order valence-electron chi connectivity index (χ1n) is 9.38. The Morgan fingerprint density at radius 1 is 1.37 bits per heavy atom. The van der Waals surface area contributed by atoms with E-state index < -0.39 is 20.5 Å². The van der Waals surface area contributed by atoms with E-state index in [0.717, 1.165) is 30.0 Å². The Hall–Kier alpha value is -2.85. The third kappa shape index (κ3) is 4.49. The lowest BCUT2D eigenvalue weighted by Gasteiger charge is -2.24. The van der Waals surface area contributed by atoms with Crippen LogP contribution in [0.2, 0.25) is 0 Å². The summed E-state index contributed by atoms with van der Waals surface area (Å²) >= 11 is 0. The van der Waals surface area contributed by atoms with Gasteiger partial charge in [0, 0.05) is 29.9 Å². The van der Waals surface area contributed by atoms with Crippen LogP contribution in [0.5, 0.6) is 0 Å². The van der Waals surface area contributed by atoms with Gasteiger partial charge in [-0.25, -0.2) is 13.9 Å². The standard InChI is InChI=1S/C21H23N3O5S/c1-20(19(26)23-27,30(2,28)29)11-12-24-14-17-13-16(6-7-18(17)22-24)5-3-4-8-21(15-25)9-10-21/h6-7,13-14,25,27H,9-12,15H2,1-2H3,(H,23,26). The predicted molar refractivity (Wildman–Crippen MR) is 111 cm³/mol. The Morgan fingerprint density at radius 2 is 2.10 bits per heavy atom. The number of nitrogens with zero attached hydrogens (tertiary/aromatic N) is 2. The van der Waals surface area contributed by atoms with E-state index in [9.17, 15) is 18.3 Å². The van der Waals surface area contributed by atoms with E-state index in [4.69, 9.17) is 5.21 Å². The van der Waals surface area contributed by atoms with E-state index in [1.807, 2.05) is 12.1 Å². The lowest BCUT2D eigenvalue weighted by Crippen LogP contribution is -2.49. The minimum atomic E-state index is -3.76. The Balaban J connectivity index is 1.76. The number of sulfone groups is 1. The van der Waals surface area contributed by atoms with Crippen molar-refractivity contribution in [3.63, 3.8) is 0 Å². The third-order valence-corrected chi connectivity index (χ3v) is 7.55. The van der Waals surface area contributed by atoms with Gasteiger partial charge in [0.1, 0.15) is 0 Å². The number of carbonyl (C=O) groups is 1. The smallest absolute Gasteiger partial charge is 0.264 e. The van der Waals surface area contributed by atoms with Gasteiger partial charge in [-0.3, -0.25) is 14.7 Å². The zero-order valence-electron chi connectivity index (χ0n) is 16.8. The average molecular weight is 429 g/mol. The number of hydroxylamine groups is 1. The number of fused-ring (bicyclic) bond motifs is 1. The van der Waals surface area contributed by atoms with Gasteiger partial charge >= 0.3 is 0 Å². The van der Waals surface area contributed by atoms with Crippen molar-refractivity contribution in [2.24, 2.45) is 5.41 Å². The van der Waals surface area contributed by atoms with Crippen molar-refractivity contribution in [1.82, 2.24) is 15.3 Å². The van der Waals surface area contributed by atoms with Gasteiger partial charge in [-0.15, -0.1) is 0 Å². The Labute approximate surface area is 175 Å². The Bertz CT molecular complexity index is 1210. The van der Waals surface area contributed by atoms with Crippen molar-refractivity contribution in [3.8, 4) is 23.7 Å². The van der Waals surface area contributed by atoms with E-state index in [0.29, 0.717) is 5.52 Å². The SMILES string of the molecule is CC(CCn1cc2cc(C#CC#CC3(CO)CC3)ccc2n1)(C(=O)NO)S(C)(=O)=O. The first-order chi connectivity index (χ1) is 14.1. The molecule has 3 rings (SSSR count). The van der Waals surface area contributed by atoms with Crippen LogP contribution in [-0.4, -0.2) is 52.0 Å². The molecule has 1 saturated carbocycles. The highest BCUT2D eigenvalue weighted by Gasteiger charge is 2.43. The number of benzene rings is 1. The summed E-state index contributed by atoms with van der Waals surface area (Å²) in [7, 11) is -3.76. The van der Waals surface area contributed by atoms with Gasteiger partial charge in [0.15, 0.2) is 14.6 Å². The summed E-state index contributed by atoms with van der Waals surface area (Å²) < 4.78 is 23.9. The molecule has 1 unspecified atom stereocenters. The monoisotopic (exact) mass is 429 g/mol. The highest BCUT2D eigenvalue weighted by atomic mass is 32.2. The summed E-state index contributed by atoms with van der Waals surface area (Å²) in [6.07, 6.45) is 4.46. The van der Waals surface area contributed by atoms with Crippen LogP contribution in [0.1, 0.15) is 31.7 Å². The second kappa shape index (κ2) is 8.11. The number of amides is 1. The maximum absolute atomic E-state index is 12.1. The molecule has 1 atom stereocenters. The average Bonchev–Trinajstić information content (AvgIpc) is 3.38. The molecule has 1 aliphatic carbocycles. The van der Waals surface area contributed by atoms with Crippen LogP contribution in [-0.2, 0) is 21.2 Å². The molecule has 1 amide bonds. The fourth-order valence-corrected chi connectivity index (χ4v) is 3.77. The second-order valence-corrected chi connectivity index (χ2v) is 10.2. The molecule has 0 radical (unpaired) electrons. The number of aliphatic hydroxyl groups is 1. The van der Waals surface area contributed by atoms with Crippen LogP contribution in [0, 0.1) is 29.1 Å². The number of aromatic nitrogens is 2. The van der Waals surface area contributed by atoms with Crippen LogP contribution >= 0.6 is 0 Å². The summed E-state index contributed by atoms with van der Waals surface area (Å²) in [5, 5.41) is 23.4. The largest absolute Gasteiger partial charge is 0.395 e. The zero-order valence-corrected chi connectivity index (χ0v) is 17.6. The Morgan fingerprint density at radius 3 is 2.70 bits per heavy atom. The van der Waals surface area contributed by atoms with E-state index >= 15 is 0 Å². The quantitative estimate of drug-likeness (QED) is 0.356. The minimum absolute atomic E-state index is 0.0545. The molecule has 30 heavy (non-hydrogen) atoms. The van der Waals surface area contributed by atoms with Gasteiger partial charge in [0.05, 0.1) is 17.5 Å². The highest BCUT2D eigenvalue weighted by Crippen LogP contribution is 2.44. The van der Waals surface area contributed by atoms with Crippen LogP contribution in [0.15, 0.2) is 24.4 Å². The predicted octanol–water partition coefficient (Wildman–Crippen LogP) is 0.862. The maximum Gasteiger partial charge on any atom is 0.264 e. The van der Waals surface area contributed by atoms with Gasteiger partial charge < -0.3 is 5.11 Å². The molecule has 1 aliphatic rings. The van der Waals surface area contributed by atoms with Crippen LogP contribution in [0.4, 0.5) is 0 Å². The van der Waals surface area contributed by atoms with E-state index in [2.05, 4.69) is 28.8 Å². The molecule has 0 aliphatic heterocycles. The number of aliphatic hydroxyl groups excluding tert-OH is 1. The van der Waals surface area contributed by atoms with Gasteiger partial charge in [0.2, 0.25) is 0 Å². The number of aryl methyl sites for hydroxylation is 1. The van der Waals surface area contributed by atoms with Crippen LogP contribution in [0.25, 0.3) is 10.9 Å². The second-order valence-electron chi connectivity index (χ2n) is 7.80. The van der Waals surface area contributed by atoms with E-state index in [1.165, 1.54) is 12.4 Å². The van der Waals surface area contributed by atoms with Crippen LogP contribution in [0.3, 0.4) is 0 Å². The first kappa shape index (κ1) is 21.8. The van der Waals surface area contributed by atoms with Crippen molar-refractivity contribution in [3.05, 3.63) is 30.0 Å². The number of carbonyl (C=O) groups excluding carboxylic acids is 1. The molecule has 3 N–H and O–H groups in total. The lowest BCUT2D eigenvalue weighted by atomic mass is 10.1. The summed E-state index contributed by atoms with van der Waals surface area (Å²) in [5.41, 5.74) is 2.64. The molecule has 0 bridgehead atoms. The van der Waals surface area contributed by atoms with Gasteiger partial charge in [-0.1, -0.05) is 11.8 Å². The number of hydrogen-bond donors (Lipinski definition) is 3. The number of rotatable bonds is 6. The van der Waals surface area contributed by atoms with Gasteiger partial charge in [-0.2, -0.15) is 5.10 Å². The molecular weight excluding hydrogens is 406 g/mol. The number of hydrogen-bond acceptors (Lipinski definition) is 6. The van der Waals surface area contributed by atoms with Crippen LogP contribution < -0.4 is 5.48 Å². The summed E-state index contributed by atoms with van der Waals surface area (Å²) in [5.74, 6) is 10.6. The number of nitrogens with one attached hydrogen (secondary N) is 1. The molecule has 9 heteroatoms. The highest BCUT2D eigenvalue weighted by molar-refractivity contribution is 7.92. The summed E-state index contributed by atoms with van der Waals surface area (Å²) in [6.45, 7) is 1.50.